The fraction of sp³-hybridized carbons (Fsp3) is 0. The standard InChI is InChI=1S/C52H35NO/c1-3-13-36(14-4-1)39-27-29-45(30-28-39)53(46-22-12-21-43(35-46)42-20-11-19-41(33-42)37-15-5-2-6-16-37)49-32-31-47(44-26-25-38-17-7-8-18-40(38)34-44)52-51(49)48-23-9-10-24-50(48)54-52/h1-35H. The van der Waals surface area contributed by atoms with Crippen LogP contribution < -0.4 is 4.90 Å². The molecule has 0 fully saturated rings. The summed E-state index contributed by atoms with van der Waals surface area (Å²) in [5.41, 5.74) is 14.2. The molecule has 0 unspecified atom stereocenters. The average Bonchev–Trinajstić information content (AvgIpc) is 3.65. The van der Waals surface area contributed by atoms with Crippen molar-refractivity contribution in [2.75, 3.05) is 4.90 Å². The van der Waals surface area contributed by atoms with Crippen molar-refractivity contribution in [2.45, 2.75) is 0 Å². The quantitative estimate of drug-likeness (QED) is 0.166. The maximum Gasteiger partial charge on any atom is 0.145 e. The molecule has 10 rings (SSSR count). The third-order valence-corrected chi connectivity index (χ3v) is 10.4. The summed E-state index contributed by atoms with van der Waals surface area (Å²) in [6.07, 6.45) is 0. The fourth-order valence-electron chi connectivity index (χ4n) is 7.78. The molecule has 1 aromatic heterocycles. The van der Waals surface area contributed by atoms with Crippen LogP contribution in [-0.4, -0.2) is 0 Å². The molecule has 254 valence electrons. The third-order valence-electron chi connectivity index (χ3n) is 10.4. The minimum atomic E-state index is 0.868. The van der Waals surface area contributed by atoms with E-state index in [1.165, 1.54) is 38.6 Å². The molecule has 0 aliphatic heterocycles. The lowest BCUT2D eigenvalue weighted by atomic mass is 9.97. The zero-order chi connectivity index (χ0) is 35.8. The molecule has 2 heteroatoms. The summed E-state index contributed by atoms with van der Waals surface area (Å²) >= 11 is 0. The molecule has 9 aromatic carbocycles. The van der Waals surface area contributed by atoms with Crippen LogP contribution in [0.1, 0.15) is 0 Å². The van der Waals surface area contributed by atoms with E-state index in [1.807, 2.05) is 6.07 Å². The van der Waals surface area contributed by atoms with Gasteiger partial charge in [-0.3, -0.25) is 0 Å². The van der Waals surface area contributed by atoms with Crippen molar-refractivity contribution < 1.29 is 4.42 Å². The van der Waals surface area contributed by atoms with Gasteiger partial charge in [-0.05, 0) is 104 Å². The van der Waals surface area contributed by atoms with E-state index in [0.717, 1.165) is 55.7 Å². The molecule has 0 N–H and O–H groups in total. The Kier molecular flexibility index (Phi) is 7.85. The number of benzene rings is 9. The molecule has 54 heavy (non-hydrogen) atoms. The van der Waals surface area contributed by atoms with E-state index in [2.05, 4.69) is 211 Å². The van der Waals surface area contributed by atoms with Gasteiger partial charge in [0, 0.05) is 22.3 Å². The normalized spacial score (nSPS) is 11.3. The van der Waals surface area contributed by atoms with E-state index in [9.17, 15) is 0 Å². The molecule has 0 atom stereocenters. The first-order valence-electron chi connectivity index (χ1n) is 18.4. The lowest BCUT2D eigenvalue weighted by molar-refractivity contribution is 0.670. The molecule has 0 aliphatic rings. The molecular formula is C52H35NO. The first-order chi connectivity index (χ1) is 26.8. The number of para-hydroxylation sites is 1. The average molecular weight is 690 g/mol. The molecular weight excluding hydrogens is 655 g/mol. The van der Waals surface area contributed by atoms with Gasteiger partial charge in [-0.2, -0.15) is 0 Å². The number of furan rings is 1. The van der Waals surface area contributed by atoms with Gasteiger partial charge in [0.2, 0.25) is 0 Å². The van der Waals surface area contributed by atoms with Crippen LogP contribution in [0.3, 0.4) is 0 Å². The van der Waals surface area contributed by atoms with Gasteiger partial charge in [-0.25, -0.2) is 0 Å². The Balaban J connectivity index is 1.18. The van der Waals surface area contributed by atoms with Crippen molar-refractivity contribution in [3.05, 3.63) is 212 Å². The molecule has 0 amide bonds. The van der Waals surface area contributed by atoms with Gasteiger partial charge in [0.25, 0.3) is 0 Å². The lowest BCUT2D eigenvalue weighted by Gasteiger charge is -2.27. The first kappa shape index (κ1) is 31.6. The number of hydrogen-bond acceptors (Lipinski definition) is 2. The second-order valence-electron chi connectivity index (χ2n) is 13.7. The van der Waals surface area contributed by atoms with Crippen LogP contribution in [0.15, 0.2) is 217 Å². The highest BCUT2D eigenvalue weighted by molar-refractivity contribution is 6.17. The van der Waals surface area contributed by atoms with Gasteiger partial charge in [-0.1, -0.05) is 158 Å². The van der Waals surface area contributed by atoms with Gasteiger partial charge in [0.1, 0.15) is 11.2 Å². The number of fused-ring (bicyclic) bond motifs is 4. The highest BCUT2D eigenvalue weighted by Crippen LogP contribution is 2.47. The minimum Gasteiger partial charge on any atom is -0.455 e. The molecule has 0 saturated carbocycles. The summed E-state index contributed by atoms with van der Waals surface area (Å²) in [4.78, 5) is 2.38. The minimum absolute atomic E-state index is 0.868. The Hall–Kier alpha value is -7.16. The Labute approximate surface area is 314 Å². The van der Waals surface area contributed by atoms with Crippen LogP contribution in [0.2, 0.25) is 0 Å². The third kappa shape index (κ3) is 5.71. The number of hydrogen-bond donors (Lipinski definition) is 0. The first-order valence-corrected chi connectivity index (χ1v) is 18.4. The van der Waals surface area contributed by atoms with Crippen LogP contribution in [0.5, 0.6) is 0 Å². The van der Waals surface area contributed by atoms with Gasteiger partial charge in [-0.15, -0.1) is 0 Å². The maximum atomic E-state index is 6.81. The van der Waals surface area contributed by atoms with Crippen LogP contribution >= 0.6 is 0 Å². The highest BCUT2D eigenvalue weighted by atomic mass is 16.3. The van der Waals surface area contributed by atoms with Crippen molar-refractivity contribution in [2.24, 2.45) is 0 Å². The predicted octanol–water partition coefficient (Wildman–Crippen LogP) is 14.9. The van der Waals surface area contributed by atoms with E-state index >= 15 is 0 Å². The van der Waals surface area contributed by atoms with Crippen molar-refractivity contribution in [3.8, 4) is 44.5 Å². The smallest absolute Gasteiger partial charge is 0.145 e. The van der Waals surface area contributed by atoms with Crippen LogP contribution in [0.25, 0.3) is 77.2 Å². The summed E-state index contributed by atoms with van der Waals surface area (Å²) in [5.74, 6) is 0. The largest absolute Gasteiger partial charge is 0.455 e. The highest BCUT2D eigenvalue weighted by Gasteiger charge is 2.22. The van der Waals surface area contributed by atoms with Crippen molar-refractivity contribution in [1.29, 1.82) is 0 Å². The Morgan fingerprint density at radius 2 is 0.907 bits per heavy atom. The van der Waals surface area contributed by atoms with Crippen molar-refractivity contribution >= 4 is 49.8 Å². The van der Waals surface area contributed by atoms with Crippen molar-refractivity contribution in [1.82, 2.24) is 0 Å². The number of anilines is 3. The zero-order valence-electron chi connectivity index (χ0n) is 29.6. The summed E-state index contributed by atoms with van der Waals surface area (Å²) in [6, 6.07) is 75.8. The molecule has 0 saturated heterocycles. The zero-order valence-corrected chi connectivity index (χ0v) is 29.6. The molecule has 0 radical (unpaired) electrons. The summed E-state index contributed by atoms with van der Waals surface area (Å²) in [6.45, 7) is 0. The predicted molar refractivity (Wildman–Crippen MR) is 228 cm³/mol. The van der Waals surface area contributed by atoms with Gasteiger partial charge < -0.3 is 9.32 Å². The molecule has 0 bridgehead atoms. The molecule has 2 nitrogen and oxygen atoms in total. The van der Waals surface area contributed by atoms with Gasteiger partial charge in [0.05, 0.1) is 11.1 Å². The maximum absolute atomic E-state index is 6.81. The van der Waals surface area contributed by atoms with Gasteiger partial charge in [0.15, 0.2) is 0 Å². The van der Waals surface area contributed by atoms with E-state index < -0.39 is 0 Å². The lowest BCUT2D eigenvalue weighted by Crippen LogP contribution is -2.10. The Morgan fingerprint density at radius 3 is 1.69 bits per heavy atom. The monoisotopic (exact) mass is 689 g/mol. The summed E-state index contributed by atoms with van der Waals surface area (Å²) < 4.78 is 6.81. The SMILES string of the molecule is c1ccc(-c2ccc(N(c3cccc(-c4cccc(-c5ccccc5)c4)c3)c3ccc(-c4ccc5ccccc5c4)c4oc5ccccc5c34)cc2)cc1. The van der Waals surface area contributed by atoms with Crippen LogP contribution in [0, 0.1) is 0 Å². The van der Waals surface area contributed by atoms with E-state index in [0.29, 0.717) is 0 Å². The van der Waals surface area contributed by atoms with Crippen LogP contribution in [0.4, 0.5) is 17.1 Å². The van der Waals surface area contributed by atoms with Gasteiger partial charge >= 0.3 is 0 Å². The second-order valence-corrected chi connectivity index (χ2v) is 13.7. The Bertz CT molecular complexity index is 2920. The summed E-state index contributed by atoms with van der Waals surface area (Å²) in [7, 11) is 0. The second kappa shape index (κ2) is 13.4. The number of nitrogens with zero attached hydrogens (tertiary/aromatic N) is 1. The van der Waals surface area contributed by atoms with E-state index in [1.54, 1.807) is 0 Å². The molecule has 10 aromatic rings. The topological polar surface area (TPSA) is 16.4 Å². The van der Waals surface area contributed by atoms with E-state index in [-0.39, 0.29) is 0 Å². The Morgan fingerprint density at radius 1 is 0.333 bits per heavy atom. The molecule has 1 heterocycles. The fourth-order valence-corrected chi connectivity index (χ4v) is 7.78. The molecule has 0 spiro atoms. The number of rotatable bonds is 7. The van der Waals surface area contributed by atoms with Crippen LogP contribution in [-0.2, 0) is 0 Å². The van der Waals surface area contributed by atoms with E-state index in [4.69, 9.17) is 4.42 Å². The van der Waals surface area contributed by atoms with Crippen molar-refractivity contribution in [3.63, 3.8) is 0 Å². The molecule has 0 aliphatic carbocycles. The summed E-state index contributed by atoms with van der Waals surface area (Å²) in [5, 5.41) is 4.59.